The molecule has 260 valence electrons. The van der Waals surface area contributed by atoms with E-state index in [0.717, 1.165) is 11.1 Å². The highest BCUT2D eigenvalue weighted by atomic mass is 28.4. The summed E-state index contributed by atoms with van der Waals surface area (Å²) in [6, 6.07) is 13.0. The van der Waals surface area contributed by atoms with Gasteiger partial charge >= 0.3 is 0 Å². The van der Waals surface area contributed by atoms with Crippen LogP contribution < -0.4 is 0 Å². The van der Waals surface area contributed by atoms with E-state index in [4.69, 9.17) is 13.9 Å². The summed E-state index contributed by atoms with van der Waals surface area (Å²) in [5.74, 6) is -0.0415. The van der Waals surface area contributed by atoms with E-state index in [1.807, 2.05) is 26.0 Å². The molecular weight excluding hydrogens is 599 g/mol. The Bertz CT molecular complexity index is 1090. The molecule has 4 nitrogen and oxygen atoms in total. The van der Waals surface area contributed by atoms with Gasteiger partial charge in [-0.1, -0.05) is 106 Å². The molecule has 0 saturated heterocycles. The molecule has 4 atom stereocenters. The number of aliphatic hydroxyl groups is 1. The van der Waals surface area contributed by atoms with Crippen LogP contribution in [-0.4, -0.2) is 51.1 Å². The van der Waals surface area contributed by atoms with Crippen LogP contribution in [-0.2, 0) is 26.7 Å². The van der Waals surface area contributed by atoms with E-state index in [1.165, 1.54) is 24.3 Å². The molecule has 0 aliphatic heterocycles. The number of halogens is 2. The van der Waals surface area contributed by atoms with Gasteiger partial charge in [-0.3, -0.25) is 0 Å². The highest BCUT2D eigenvalue weighted by Gasteiger charge is 2.48. The van der Waals surface area contributed by atoms with Crippen molar-refractivity contribution >= 4 is 8.32 Å². The van der Waals surface area contributed by atoms with Crippen LogP contribution in [0.25, 0.3) is 0 Å². The molecular formula is C39H62F2O4Si. The Labute approximate surface area is 280 Å². The van der Waals surface area contributed by atoms with Crippen molar-refractivity contribution in [2.75, 3.05) is 13.2 Å². The van der Waals surface area contributed by atoms with Gasteiger partial charge in [-0.05, 0) is 63.9 Å². The number of rotatable bonds is 19. The lowest BCUT2D eigenvalue weighted by atomic mass is 9.96. The summed E-state index contributed by atoms with van der Waals surface area (Å²) in [5, 5.41) is 10.1. The molecule has 0 aliphatic rings. The van der Waals surface area contributed by atoms with Crippen LogP contribution in [0.2, 0.25) is 16.6 Å². The third-order valence-corrected chi connectivity index (χ3v) is 14.8. The van der Waals surface area contributed by atoms with E-state index in [0.29, 0.717) is 48.6 Å². The first-order valence-corrected chi connectivity index (χ1v) is 19.0. The second-order valence-corrected chi connectivity index (χ2v) is 19.3. The largest absolute Gasteiger partial charge is 0.410 e. The summed E-state index contributed by atoms with van der Waals surface area (Å²) in [7, 11) is -2.05. The molecule has 2 aromatic rings. The fourth-order valence-corrected chi connectivity index (χ4v) is 12.1. The average molecular weight is 661 g/mol. The summed E-state index contributed by atoms with van der Waals surface area (Å²) in [6.45, 7) is 30.4. The van der Waals surface area contributed by atoms with Gasteiger partial charge in [0.05, 0.1) is 37.6 Å². The molecule has 0 radical (unpaired) electrons. The molecule has 46 heavy (non-hydrogen) atoms. The molecule has 0 saturated carbocycles. The summed E-state index contributed by atoms with van der Waals surface area (Å²) in [5.41, 5.74) is 3.56. The lowest BCUT2D eigenvalue weighted by molar-refractivity contribution is -0.0459. The zero-order valence-corrected chi connectivity index (χ0v) is 31.1. The molecule has 2 rings (SSSR count). The van der Waals surface area contributed by atoms with Crippen molar-refractivity contribution in [2.45, 2.75) is 123 Å². The topological polar surface area (TPSA) is 47.9 Å². The minimum absolute atomic E-state index is 0.0103. The van der Waals surface area contributed by atoms with Crippen molar-refractivity contribution < 1.29 is 27.8 Å². The van der Waals surface area contributed by atoms with Gasteiger partial charge < -0.3 is 19.0 Å². The van der Waals surface area contributed by atoms with Crippen LogP contribution in [0.4, 0.5) is 8.78 Å². The van der Waals surface area contributed by atoms with Crippen molar-refractivity contribution in [1.29, 1.82) is 0 Å². The quantitative estimate of drug-likeness (QED) is 0.120. The van der Waals surface area contributed by atoms with Gasteiger partial charge in [0.25, 0.3) is 0 Å². The molecule has 0 unspecified atom stereocenters. The molecule has 1 N–H and O–H groups in total. The standard InChI is InChI=1S/C24H41FO2Si.C15H21FO2/c1-10-15-26-23(16-21-11-13-22(25)14-12-21)24(17(2)3)27-28(18(4)5,19(6)7)20(8)9;1-4-9-18-14(15(17)11(2)3)10-12-5-7-13(16)8-6-12/h10-14,17-20,23-24H,1,15-16H2,2-9H3;4-8,11,14-15,17H,1,9-10H2,2-3H3/t23-,24+;14-,15+/m11/s1. The summed E-state index contributed by atoms with van der Waals surface area (Å²) in [6.07, 6.45) is 3.76. The SMILES string of the molecule is C=CCO[C@H](Cc1ccc(F)cc1)[C@@H](O)C(C)C.C=CCO[C@H](Cc1ccc(F)cc1)[C@@H](O[Si](C(C)C)(C(C)C)C(C)C)C(C)C. The number of hydrogen-bond acceptors (Lipinski definition) is 4. The van der Waals surface area contributed by atoms with Crippen molar-refractivity contribution in [3.05, 3.63) is 96.6 Å². The predicted molar refractivity (Wildman–Crippen MR) is 192 cm³/mol. The Morgan fingerprint density at radius 3 is 1.33 bits per heavy atom. The van der Waals surface area contributed by atoms with Gasteiger partial charge in [0.15, 0.2) is 0 Å². The van der Waals surface area contributed by atoms with Crippen LogP contribution in [0.15, 0.2) is 73.8 Å². The van der Waals surface area contributed by atoms with Crippen LogP contribution in [0.5, 0.6) is 0 Å². The first-order valence-electron chi connectivity index (χ1n) is 16.9. The maximum absolute atomic E-state index is 13.3. The van der Waals surface area contributed by atoms with Crippen LogP contribution in [0.3, 0.4) is 0 Å². The first-order chi connectivity index (χ1) is 21.6. The van der Waals surface area contributed by atoms with Crippen molar-refractivity contribution in [3.8, 4) is 0 Å². The van der Waals surface area contributed by atoms with E-state index >= 15 is 0 Å². The minimum atomic E-state index is -2.05. The maximum Gasteiger partial charge on any atom is 0.200 e. The van der Waals surface area contributed by atoms with Gasteiger partial charge in [0.1, 0.15) is 11.6 Å². The Kier molecular flexibility index (Phi) is 19.1. The van der Waals surface area contributed by atoms with Gasteiger partial charge in [0.2, 0.25) is 8.32 Å². The zero-order valence-electron chi connectivity index (χ0n) is 30.1. The summed E-state index contributed by atoms with van der Waals surface area (Å²) >= 11 is 0. The van der Waals surface area contributed by atoms with E-state index in [2.05, 4.69) is 68.5 Å². The molecule has 0 heterocycles. The van der Waals surface area contributed by atoms with Crippen LogP contribution in [0.1, 0.15) is 80.4 Å². The Hall–Kier alpha value is -2.16. The highest BCUT2D eigenvalue weighted by Crippen LogP contribution is 2.44. The number of benzene rings is 2. The summed E-state index contributed by atoms with van der Waals surface area (Å²) in [4.78, 5) is 0. The fraction of sp³-hybridized carbons (Fsp3) is 0.590. The van der Waals surface area contributed by atoms with Crippen LogP contribution >= 0.6 is 0 Å². The van der Waals surface area contributed by atoms with E-state index in [9.17, 15) is 13.9 Å². The smallest absolute Gasteiger partial charge is 0.200 e. The zero-order chi connectivity index (χ0) is 35.0. The Balaban J connectivity index is 0.000000506. The Morgan fingerprint density at radius 2 is 1.00 bits per heavy atom. The number of aliphatic hydroxyl groups excluding tert-OH is 1. The average Bonchev–Trinajstić information content (AvgIpc) is 2.99. The third-order valence-electron chi connectivity index (χ3n) is 8.69. The third kappa shape index (κ3) is 13.2. The fourth-order valence-electron chi connectivity index (χ4n) is 6.35. The molecule has 7 heteroatoms. The summed E-state index contributed by atoms with van der Waals surface area (Å²) < 4.78 is 45.1. The van der Waals surface area contributed by atoms with Gasteiger partial charge in [-0.2, -0.15) is 0 Å². The number of hydrogen-bond donors (Lipinski definition) is 1. The van der Waals surface area contributed by atoms with E-state index in [1.54, 1.807) is 24.3 Å². The van der Waals surface area contributed by atoms with Crippen molar-refractivity contribution in [1.82, 2.24) is 0 Å². The Morgan fingerprint density at radius 1 is 0.630 bits per heavy atom. The van der Waals surface area contributed by atoms with Gasteiger partial charge in [-0.25, -0.2) is 8.78 Å². The lowest BCUT2D eigenvalue weighted by Gasteiger charge is -2.47. The monoisotopic (exact) mass is 660 g/mol. The number of ether oxygens (including phenoxy) is 2. The first kappa shape index (κ1) is 41.9. The normalized spacial score (nSPS) is 14.7. The predicted octanol–water partition coefficient (Wildman–Crippen LogP) is 10.1. The maximum atomic E-state index is 13.3. The van der Waals surface area contributed by atoms with E-state index < -0.39 is 14.4 Å². The highest BCUT2D eigenvalue weighted by molar-refractivity contribution is 6.77. The molecule has 0 amide bonds. The van der Waals surface area contributed by atoms with Gasteiger partial charge in [-0.15, -0.1) is 13.2 Å². The van der Waals surface area contributed by atoms with E-state index in [-0.39, 0.29) is 35.9 Å². The van der Waals surface area contributed by atoms with Crippen LogP contribution in [0, 0.1) is 23.5 Å². The molecule has 0 aliphatic carbocycles. The molecule has 0 fully saturated rings. The molecule has 0 spiro atoms. The molecule has 0 aromatic heterocycles. The second-order valence-electron chi connectivity index (χ2n) is 13.9. The minimum Gasteiger partial charge on any atom is -0.410 e. The lowest BCUT2D eigenvalue weighted by Crippen LogP contribution is -2.54. The second kappa shape index (κ2) is 20.9. The molecule has 0 bridgehead atoms. The van der Waals surface area contributed by atoms with Crippen molar-refractivity contribution in [2.24, 2.45) is 11.8 Å². The molecule has 2 aromatic carbocycles. The van der Waals surface area contributed by atoms with Crippen molar-refractivity contribution in [3.63, 3.8) is 0 Å². The van der Waals surface area contributed by atoms with Gasteiger partial charge in [0, 0.05) is 12.8 Å².